The molecule has 14 aromatic rings. The molecule has 8 heteroatoms. The Morgan fingerprint density at radius 3 is 1.16 bits per heavy atom. The molecule has 0 saturated carbocycles. The van der Waals surface area contributed by atoms with E-state index in [1.165, 1.54) is 42.3 Å². The third-order valence-corrected chi connectivity index (χ3v) is 22.1. The lowest BCUT2D eigenvalue weighted by atomic mass is 9.31. The van der Waals surface area contributed by atoms with Crippen LogP contribution in [0.4, 0.5) is 0 Å². The van der Waals surface area contributed by atoms with Crippen LogP contribution in [0, 0.1) is 0 Å². The maximum Gasteiger partial charge on any atom is 0.261 e. The van der Waals surface area contributed by atoms with Gasteiger partial charge in [0.05, 0.1) is 22.1 Å². The summed E-state index contributed by atoms with van der Waals surface area (Å²) in [4.78, 5) is 0. The molecule has 0 radical (unpaired) electrons. The van der Waals surface area contributed by atoms with E-state index >= 15 is 0 Å². The molecule has 80 heavy (non-hydrogen) atoms. The molecule has 17 rings (SSSR count). The lowest BCUT2D eigenvalue weighted by molar-refractivity contribution is 0.448. The summed E-state index contributed by atoms with van der Waals surface area (Å²) >= 11 is 0. The van der Waals surface area contributed by atoms with Crippen molar-refractivity contribution in [1.82, 2.24) is 9.13 Å². The number of rotatable bonds is 7. The fourth-order valence-electron chi connectivity index (χ4n) is 14.2. The zero-order valence-corrected chi connectivity index (χ0v) is 44.3. The highest BCUT2D eigenvalue weighted by Crippen LogP contribution is 2.42. The average molecular weight is 1040 g/mol. The van der Waals surface area contributed by atoms with Crippen LogP contribution in [-0.4, -0.2) is 30.6 Å². The Kier molecular flexibility index (Phi) is 9.85. The summed E-state index contributed by atoms with van der Waals surface area (Å²) in [6.45, 7) is -0.649. The van der Waals surface area contributed by atoms with Crippen molar-refractivity contribution in [2.75, 3.05) is 0 Å². The molecule has 2 aromatic heterocycles. The van der Waals surface area contributed by atoms with Gasteiger partial charge < -0.3 is 23.3 Å². The molecule has 3 aliphatic rings. The van der Waals surface area contributed by atoms with E-state index in [2.05, 4.69) is 288 Å². The highest BCUT2D eigenvalue weighted by Gasteiger charge is 2.50. The van der Waals surface area contributed by atoms with E-state index in [1.807, 2.05) is 0 Å². The lowest BCUT2D eigenvalue weighted by Gasteiger charge is -2.40. The van der Waals surface area contributed by atoms with Gasteiger partial charge in [0.2, 0.25) is 0 Å². The predicted molar refractivity (Wildman–Crippen MR) is 334 cm³/mol. The molecule has 0 saturated heterocycles. The summed E-state index contributed by atoms with van der Waals surface area (Å²) in [6, 6.07) is 102. The second kappa shape index (κ2) is 17.5. The predicted octanol–water partition coefficient (Wildman–Crippen LogP) is 10.6. The van der Waals surface area contributed by atoms with E-state index < -0.39 is 14.8 Å². The normalized spacial score (nSPS) is 13.0. The molecule has 3 aliphatic heterocycles. The minimum absolute atomic E-state index is 0.241. The Bertz CT molecular complexity index is 4510. The molecule has 0 unspecified atom stereocenters. The van der Waals surface area contributed by atoms with Crippen molar-refractivity contribution < 1.29 is 14.2 Å². The first-order chi connectivity index (χ1) is 39.7. The molecule has 0 aliphatic carbocycles. The Balaban J connectivity index is 0.985. The molecule has 0 atom stereocenters. The van der Waals surface area contributed by atoms with Crippen molar-refractivity contribution in [2.45, 2.75) is 0 Å². The Hall–Kier alpha value is -10.0. The van der Waals surface area contributed by atoms with E-state index in [4.69, 9.17) is 14.2 Å². The molecule has 5 nitrogen and oxygen atoms in total. The van der Waals surface area contributed by atoms with E-state index in [9.17, 15) is 0 Å². The van der Waals surface area contributed by atoms with Crippen LogP contribution in [0.2, 0.25) is 0 Å². The maximum absolute atomic E-state index is 7.76. The van der Waals surface area contributed by atoms with Gasteiger partial charge in [0, 0.05) is 49.9 Å². The van der Waals surface area contributed by atoms with Crippen LogP contribution in [0.25, 0.3) is 55.0 Å². The van der Waals surface area contributed by atoms with Crippen LogP contribution in [0.15, 0.2) is 279 Å². The Morgan fingerprint density at radius 1 is 0.275 bits per heavy atom. The Morgan fingerprint density at radius 2 is 0.650 bits per heavy atom. The zero-order chi connectivity index (χ0) is 52.5. The van der Waals surface area contributed by atoms with Gasteiger partial charge >= 0.3 is 0 Å². The maximum atomic E-state index is 7.76. The third kappa shape index (κ3) is 6.30. The van der Waals surface area contributed by atoms with Crippen molar-refractivity contribution in [3.8, 4) is 45.9 Å². The Labute approximate surface area is 464 Å². The molecule has 0 fully saturated rings. The van der Waals surface area contributed by atoms with Gasteiger partial charge in [0.15, 0.2) is 8.07 Å². The lowest BCUT2D eigenvalue weighted by Crippen LogP contribution is -2.75. The molecule has 0 spiro atoms. The van der Waals surface area contributed by atoms with Crippen LogP contribution in [0.1, 0.15) is 0 Å². The summed E-state index contributed by atoms with van der Waals surface area (Å²) in [6.07, 6.45) is 0. The van der Waals surface area contributed by atoms with Crippen LogP contribution in [-0.2, 0) is 0 Å². The van der Waals surface area contributed by atoms with Crippen molar-refractivity contribution in [1.29, 1.82) is 0 Å². The standard InChI is InChI=1S/C72H46B2N2O3Si/c1-4-24-47(25-5-1)80(48-26-6-2-7-27-48,49-28-8-3-9-29-49)67-45-22-36-56-71(67)79-66-46-65-70(72-69(66)73(56)54-34-14-21-44-64(54)78-72)74(55-35-15-20-43-63(55)77-65)68-61(75-57-37-16-10-30-50(57)51-31-11-17-38-58(51)75)41-23-42-62(68)76-59-39-18-12-32-52(59)53-33-13-19-40-60(53)76/h1-46H. The number of hydrogen-bond donors (Lipinski definition) is 0. The fourth-order valence-corrected chi connectivity index (χ4v) is 19.1. The topological polar surface area (TPSA) is 37.5 Å². The largest absolute Gasteiger partial charge is 0.459 e. The van der Waals surface area contributed by atoms with Crippen LogP contribution in [0.5, 0.6) is 34.5 Å². The smallest absolute Gasteiger partial charge is 0.261 e. The highest BCUT2D eigenvalue weighted by atomic mass is 28.3. The minimum Gasteiger partial charge on any atom is -0.459 e. The summed E-state index contributed by atoms with van der Waals surface area (Å²) < 4.78 is 27.7. The van der Waals surface area contributed by atoms with Gasteiger partial charge in [-0.1, -0.05) is 224 Å². The van der Waals surface area contributed by atoms with Crippen LogP contribution < -0.4 is 67.7 Å². The quantitative estimate of drug-likeness (QED) is 0.118. The summed E-state index contributed by atoms with van der Waals surface area (Å²) in [5.41, 5.74) is 13.0. The summed E-state index contributed by atoms with van der Waals surface area (Å²) in [7, 11) is -3.10. The van der Waals surface area contributed by atoms with E-state index in [0.29, 0.717) is 5.75 Å². The van der Waals surface area contributed by atoms with Crippen molar-refractivity contribution >= 4 is 119 Å². The number of ether oxygens (including phenoxy) is 3. The second-order valence-electron chi connectivity index (χ2n) is 21.3. The molecule has 0 bridgehead atoms. The molecular weight excluding hydrogens is 991 g/mol. The molecular formula is C72H46B2N2O3Si. The number of para-hydroxylation sites is 7. The number of nitrogens with zero attached hydrogens (tertiary/aromatic N) is 2. The van der Waals surface area contributed by atoms with Gasteiger partial charge in [-0.25, -0.2) is 0 Å². The van der Waals surface area contributed by atoms with Gasteiger partial charge in [0.25, 0.3) is 13.4 Å². The van der Waals surface area contributed by atoms with Gasteiger partial charge in [-0.2, -0.15) is 0 Å². The van der Waals surface area contributed by atoms with Crippen LogP contribution in [0.3, 0.4) is 0 Å². The fraction of sp³-hybridized carbons (Fsp3) is 0. The summed E-state index contributed by atoms with van der Waals surface area (Å²) in [5.74, 6) is 4.68. The van der Waals surface area contributed by atoms with Gasteiger partial charge in [-0.3, -0.25) is 0 Å². The van der Waals surface area contributed by atoms with E-state index in [0.717, 1.165) is 95.0 Å². The zero-order valence-electron chi connectivity index (χ0n) is 43.3. The summed E-state index contributed by atoms with van der Waals surface area (Å²) in [5, 5.41) is 9.82. The van der Waals surface area contributed by atoms with Crippen molar-refractivity contribution in [3.63, 3.8) is 0 Å². The van der Waals surface area contributed by atoms with Crippen LogP contribution >= 0.6 is 0 Å². The first kappa shape index (κ1) is 45.0. The van der Waals surface area contributed by atoms with Crippen molar-refractivity contribution in [3.05, 3.63) is 279 Å². The molecule has 0 N–H and O–H groups in total. The number of fused-ring (bicyclic) bond motifs is 13. The third-order valence-electron chi connectivity index (χ3n) is 17.3. The molecule has 12 aromatic carbocycles. The first-order valence-electron chi connectivity index (χ1n) is 27.6. The van der Waals surface area contributed by atoms with Crippen molar-refractivity contribution in [2.24, 2.45) is 0 Å². The molecule has 0 amide bonds. The van der Waals surface area contributed by atoms with E-state index in [1.54, 1.807) is 0 Å². The van der Waals surface area contributed by atoms with Gasteiger partial charge in [-0.15, -0.1) is 0 Å². The highest BCUT2D eigenvalue weighted by molar-refractivity contribution is 7.20. The number of aromatic nitrogens is 2. The number of benzene rings is 12. The molecule has 372 valence electrons. The van der Waals surface area contributed by atoms with E-state index in [-0.39, 0.29) is 6.71 Å². The monoisotopic (exact) mass is 1040 g/mol. The second-order valence-corrected chi connectivity index (χ2v) is 25.1. The minimum atomic E-state index is -3.10. The van der Waals surface area contributed by atoms with Gasteiger partial charge in [-0.05, 0) is 91.1 Å². The molecule has 5 heterocycles. The van der Waals surface area contributed by atoms with Gasteiger partial charge in [0.1, 0.15) is 34.5 Å². The SMILES string of the molecule is c1ccc([Si](c2ccccc2)(c2ccccc2)c2cccc3c2Oc2cc4c(c5c2B3c2ccccc2O5)B(c2c(-n3c5ccccc5c5ccccc53)cccc2-n2c3ccccc3c3ccccc32)c2ccccc2O4)cc1. The first-order valence-corrected chi connectivity index (χ1v) is 29.6. The average Bonchev–Trinajstić information content (AvgIpc) is 4.15. The number of hydrogen-bond acceptors (Lipinski definition) is 3.